The second-order valence-corrected chi connectivity index (χ2v) is 7.30. The van der Waals surface area contributed by atoms with Gasteiger partial charge in [0.1, 0.15) is 5.75 Å². The van der Waals surface area contributed by atoms with Gasteiger partial charge in [0.25, 0.3) is 0 Å². The first kappa shape index (κ1) is 12.2. The van der Waals surface area contributed by atoms with Crippen LogP contribution in [0.25, 0.3) is 0 Å². The number of hydrogen-bond donors (Lipinski definition) is 0. The molecule has 0 amide bonds. The van der Waals surface area contributed by atoms with Gasteiger partial charge in [0.15, 0.2) is 9.84 Å². The molecule has 5 heteroatoms. The average molecular weight is 352 g/mol. The van der Waals surface area contributed by atoms with Crippen molar-refractivity contribution in [2.24, 2.45) is 5.92 Å². The molecule has 0 spiro atoms. The second kappa shape index (κ2) is 4.52. The highest BCUT2D eigenvalue weighted by Crippen LogP contribution is 2.31. The van der Waals surface area contributed by atoms with Gasteiger partial charge in [-0.1, -0.05) is 0 Å². The Hall–Kier alpha value is -0.300. The maximum absolute atomic E-state index is 11.3. The van der Waals surface area contributed by atoms with Crippen LogP contribution >= 0.6 is 22.6 Å². The van der Waals surface area contributed by atoms with Crippen LogP contribution in [0.2, 0.25) is 0 Å². The van der Waals surface area contributed by atoms with Crippen molar-refractivity contribution in [1.29, 1.82) is 0 Å². The van der Waals surface area contributed by atoms with E-state index in [2.05, 4.69) is 22.6 Å². The summed E-state index contributed by atoms with van der Waals surface area (Å²) in [5, 5.41) is 0. The van der Waals surface area contributed by atoms with Crippen molar-refractivity contribution in [2.45, 2.75) is 17.7 Å². The molecule has 0 N–H and O–H groups in total. The summed E-state index contributed by atoms with van der Waals surface area (Å²) < 4.78 is 29.1. The molecular weight excluding hydrogens is 339 g/mol. The number of ether oxygens (including phenoxy) is 1. The van der Waals surface area contributed by atoms with Gasteiger partial charge in [0, 0.05) is 6.26 Å². The SMILES string of the molecule is CS(=O)(=O)c1ccc(OCC2CC2)c(I)c1. The van der Waals surface area contributed by atoms with Crippen molar-refractivity contribution < 1.29 is 13.2 Å². The van der Waals surface area contributed by atoms with Gasteiger partial charge in [0.05, 0.1) is 15.1 Å². The normalized spacial score (nSPS) is 16.1. The first-order valence-corrected chi connectivity index (χ1v) is 8.06. The van der Waals surface area contributed by atoms with E-state index in [0.29, 0.717) is 10.8 Å². The fourth-order valence-electron chi connectivity index (χ4n) is 1.32. The Kier molecular flexibility index (Phi) is 3.44. The van der Waals surface area contributed by atoms with E-state index in [0.717, 1.165) is 15.9 Å². The largest absolute Gasteiger partial charge is 0.492 e. The zero-order valence-electron chi connectivity index (χ0n) is 8.94. The third-order valence-electron chi connectivity index (χ3n) is 2.50. The first-order valence-electron chi connectivity index (χ1n) is 5.09. The standard InChI is InChI=1S/C11H13IO3S/c1-16(13,14)9-4-5-11(10(12)6-9)15-7-8-2-3-8/h4-6,8H,2-3,7H2,1H3. The molecule has 2 rings (SSSR count). The number of hydrogen-bond acceptors (Lipinski definition) is 3. The van der Waals surface area contributed by atoms with Gasteiger partial charge in [-0.15, -0.1) is 0 Å². The molecule has 0 bridgehead atoms. The Morgan fingerprint density at radius 1 is 1.44 bits per heavy atom. The van der Waals surface area contributed by atoms with E-state index in [1.54, 1.807) is 18.2 Å². The van der Waals surface area contributed by atoms with Crippen molar-refractivity contribution >= 4 is 32.4 Å². The molecule has 1 aromatic rings. The van der Waals surface area contributed by atoms with Gasteiger partial charge in [-0.2, -0.15) is 0 Å². The Morgan fingerprint density at radius 3 is 2.62 bits per heavy atom. The molecule has 1 fully saturated rings. The molecule has 0 radical (unpaired) electrons. The summed E-state index contributed by atoms with van der Waals surface area (Å²) in [6.07, 6.45) is 3.71. The van der Waals surface area contributed by atoms with Gasteiger partial charge in [-0.3, -0.25) is 0 Å². The second-order valence-electron chi connectivity index (χ2n) is 4.12. The highest BCUT2D eigenvalue weighted by Gasteiger charge is 2.22. The van der Waals surface area contributed by atoms with E-state index in [1.807, 2.05) is 0 Å². The van der Waals surface area contributed by atoms with Gasteiger partial charge in [-0.05, 0) is 59.5 Å². The van der Waals surface area contributed by atoms with Crippen molar-refractivity contribution in [3.8, 4) is 5.75 Å². The van der Waals surface area contributed by atoms with Gasteiger partial charge in [0.2, 0.25) is 0 Å². The minimum Gasteiger partial charge on any atom is -0.492 e. The molecule has 1 aromatic carbocycles. The topological polar surface area (TPSA) is 43.4 Å². The molecule has 16 heavy (non-hydrogen) atoms. The van der Waals surface area contributed by atoms with Crippen LogP contribution in [-0.2, 0) is 9.84 Å². The van der Waals surface area contributed by atoms with Crippen molar-refractivity contribution in [3.05, 3.63) is 21.8 Å². The van der Waals surface area contributed by atoms with Crippen molar-refractivity contribution in [2.75, 3.05) is 12.9 Å². The lowest BCUT2D eigenvalue weighted by Gasteiger charge is -2.08. The van der Waals surface area contributed by atoms with Crippen LogP contribution in [-0.4, -0.2) is 21.3 Å². The number of benzene rings is 1. The zero-order chi connectivity index (χ0) is 11.8. The third kappa shape index (κ3) is 3.10. The summed E-state index contributed by atoms with van der Waals surface area (Å²) in [5.41, 5.74) is 0. The molecule has 0 atom stereocenters. The van der Waals surface area contributed by atoms with E-state index in [9.17, 15) is 8.42 Å². The van der Waals surface area contributed by atoms with Crippen LogP contribution in [0.5, 0.6) is 5.75 Å². The fraction of sp³-hybridized carbons (Fsp3) is 0.455. The van der Waals surface area contributed by atoms with Crippen molar-refractivity contribution in [3.63, 3.8) is 0 Å². The van der Waals surface area contributed by atoms with Gasteiger partial charge < -0.3 is 4.74 Å². The zero-order valence-corrected chi connectivity index (χ0v) is 11.9. The predicted molar refractivity (Wildman–Crippen MR) is 70.5 cm³/mol. The number of halogens is 1. The maximum Gasteiger partial charge on any atom is 0.175 e. The highest BCUT2D eigenvalue weighted by molar-refractivity contribution is 14.1. The van der Waals surface area contributed by atoms with Crippen LogP contribution in [0.1, 0.15) is 12.8 Å². The van der Waals surface area contributed by atoms with Crippen LogP contribution < -0.4 is 4.74 Å². The molecule has 0 heterocycles. The van der Waals surface area contributed by atoms with E-state index < -0.39 is 9.84 Å². The molecule has 1 saturated carbocycles. The van der Waals surface area contributed by atoms with Gasteiger partial charge >= 0.3 is 0 Å². The van der Waals surface area contributed by atoms with Crippen LogP contribution in [0.4, 0.5) is 0 Å². The lowest BCUT2D eigenvalue weighted by Crippen LogP contribution is -2.02. The summed E-state index contributed by atoms with van der Waals surface area (Å²) >= 11 is 2.10. The molecule has 3 nitrogen and oxygen atoms in total. The monoisotopic (exact) mass is 352 g/mol. The number of rotatable bonds is 4. The van der Waals surface area contributed by atoms with E-state index >= 15 is 0 Å². The molecule has 0 saturated heterocycles. The summed E-state index contributed by atoms with van der Waals surface area (Å²) in [4.78, 5) is 0.343. The highest BCUT2D eigenvalue weighted by atomic mass is 127. The average Bonchev–Trinajstić information content (AvgIpc) is 2.98. The van der Waals surface area contributed by atoms with E-state index in [4.69, 9.17) is 4.74 Å². The first-order chi connectivity index (χ1) is 7.47. The molecule has 0 aliphatic heterocycles. The Labute approximate surface area is 109 Å². The number of sulfone groups is 1. The Bertz CT molecular complexity index is 492. The minimum atomic E-state index is -3.12. The van der Waals surface area contributed by atoms with Crippen molar-refractivity contribution in [1.82, 2.24) is 0 Å². The lowest BCUT2D eigenvalue weighted by atomic mass is 10.3. The predicted octanol–water partition coefficient (Wildman–Crippen LogP) is 2.48. The third-order valence-corrected chi connectivity index (χ3v) is 4.46. The Morgan fingerprint density at radius 2 is 2.12 bits per heavy atom. The summed E-state index contributed by atoms with van der Waals surface area (Å²) in [5.74, 6) is 1.48. The molecule has 0 aromatic heterocycles. The quantitative estimate of drug-likeness (QED) is 0.782. The smallest absolute Gasteiger partial charge is 0.175 e. The molecule has 0 unspecified atom stereocenters. The minimum absolute atomic E-state index is 0.343. The Balaban J connectivity index is 2.15. The van der Waals surface area contributed by atoms with E-state index in [-0.39, 0.29) is 0 Å². The van der Waals surface area contributed by atoms with Crippen LogP contribution in [0.15, 0.2) is 23.1 Å². The van der Waals surface area contributed by atoms with Crippen LogP contribution in [0.3, 0.4) is 0 Å². The maximum atomic E-state index is 11.3. The molecule has 1 aliphatic carbocycles. The van der Waals surface area contributed by atoms with Crippen LogP contribution in [0, 0.1) is 9.49 Å². The summed E-state index contributed by atoms with van der Waals surface area (Å²) in [7, 11) is -3.12. The molecule has 1 aliphatic rings. The molecular formula is C11H13IO3S. The van der Waals surface area contributed by atoms with Gasteiger partial charge in [-0.25, -0.2) is 8.42 Å². The fourth-order valence-corrected chi connectivity index (χ4v) is 2.85. The summed E-state index contributed by atoms with van der Waals surface area (Å²) in [6, 6.07) is 4.98. The molecule has 88 valence electrons. The summed E-state index contributed by atoms with van der Waals surface area (Å²) in [6.45, 7) is 0.744. The lowest BCUT2D eigenvalue weighted by molar-refractivity contribution is 0.297. The van der Waals surface area contributed by atoms with E-state index in [1.165, 1.54) is 19.1 Å².